The van der Waals surface area contributed by atoms with Gasteiger partial charge in [-0.1, -0.05) is 42.5 Å². The van der Waals surface area contributed by atoms with Gasteiger partial charge in [0.15, 0.2) is 0 Å². The predicted octanol–water partition coefficient (Wildman–Crippen LogP) is 4.32. The van der Waals surface area contributed by atoms with Crippen molar-refractivity contribution in [3.05, 3.63) is 77.4 Å². The summed E-state index contributed by atoms with van der Waals surface area (Å²) in [5.74, 6) is 0.0885. The maximum atomic E-state index is 13.6. The number of carbonyl (C=O) groups excluding carboxylic acids is 1. The minimum Gasteiger partial charge on any atom is -0.508 e. The number of nitrogens with one attached hydrogen (secondary N) is 2. The van der Waals surface area contributed by atoms with Crippen molar-refractivity contribution in [2.75, 3.05) is 5.73 Å². The van der Waals surface area contributed by atoms with Gasteiger partial charge in [-0.3, -0.25) is 4.79 Å². The van der Waals surface area contributed by atoms with Gasteiger partial charge < -0.3 is 16.2 Å². The van der Waals surface area contributed by atoms with Gasteiger partial charge in [-0.25, -0.2) is 4.98 Å². The zero-order valence-electron chi connectivity index (χ0n) is 20.1. The van der Waals surface area contributed by atoms with Crippen molar-refractivity contribution < 1.29 is 9.90 Å². The average Bonchev–Trinajstić information content (AvgIpc) is 3.37. The van der Waals surface area contributed by atoms with Crippen LogP contribution in [0.25, 0.3) is 11.2 Å². The molecule has 2 aromatic heterocycles. The molecule has 1 atom stereocenters. The number of benzene rings is 2. The monoisotopic (exact) mass is 482 g/mol. The Hall–Kier alpha value is -3.94. The molecule has 2 bridgehead atoms. The molecule has 0 aliphatic heterocycles. The molecule has 0 radical (unpaired) electrons. The summed E-state index contributed by atoms with van der Waals surface area (Å²) in [5.41, 5.74) is 10.2. The van der Waals surface area contributed by atoms with E-state index in [9.17, 15) is 9.90 Å². The number of nitrogens with two attached hydrogens (primary N) is 1. The maximum absolute atomic E-state index is 13.6. The maximum Gasteiger partial charge on any atom is 0.221 e. The summed E-state index contributed by atoms with van der Waals surface area (Å²) in [6, 6.07) is 19.6. The molecule has 1 amide bonds. The molecule has 3 fully saturated rings. The molecule has 3 saturated carbocycles. The number of hydrogen-bond donors (Lipinski definition) is 4. The molecule has 0 unspecified atom stereocenters. The van der Waals surface area contributed by atoms with Crippen LogP contribution in [0.3, 0.4) is 0 Å². The van der Waals surface area contributed by atoms with Gasteiger partial charge in [0.2, 0.25) is 11.6 Å². The third-order valence-electron chi connectivity index (χ3n) is 8.42. The summed E-state index contributed by atoms with van der Waals surface area (Å²) in [5, 5.41) is 24.6. The number of carbonyl (C=O) groups is 1. The van der Waals surface area contributed by atoms with Crippen LogP contribution in [0.5, 0.6) is 5.75 Å². The van der Waals surface area contributed by atoms with Crippen LogP contribution in [0.2, 0.25) is 0 Å². The Balaban J connectivity index is 1.25. The highest BCUT2D eigenvalue weighted by Gasteiger charge is 2.49. The SMILES string of the molecule is Nc1cc([C@H](CC(=O)NC23CCC(c4ccccc4)(CC2)CC3)c2cccc(O)c2)c2n[nH]nc2n1. The molecule has 3 aliphatic carbocycles. The number of nitrogens with zero attached hydrogens (tertiary/aromatic N) is 3. The van der Waals surface area contributed by atoms with E-state index in [0.29, 0.717) is 17.0 Å². The van der Waals surface area contributed by atoms with Crippen molar-refractivity contribution in [2.24, 2.45) is 0 Å². The van der Waals surface area contributed by atoms with Gasteiger partial charge in [-0.2, -0.15) is 10.3 Å². The Morgan fingerprint density at radius 3 is 2.47 bits per heavy atom. The quantitative estimate of drug-likeness (QED) is 0.324. The largest absolute Gasteiger partial charge is 0.508 e. The standard InChI is InChI=1S/C28H30N6O2/c29-23-16-22(25-26(30-23)33-34-32-25)21(18-5-4-8-20(35)15-18)17-24(36)31-28-12-9-27(10-13-28,11-14-28)19-6-2-1-3-7-19/h1-8,15-16,21,35H,9-14,17H2,(H,31,36)(H3,29,30,32,33,34)/t21-,27?,28?/m1/s1. The first kappa shape index (κ1) is 22.5. The third-order valence-corrected chi connectivity index (χ3v) is 8.42. The van der Waals surface area contributed by atoms with E-state index in [1.807, 2.05) is 6.07 Å². The van der Waals surface area contributed by atoms with Crippen molar-refractivity contribution in [1.29, 1.82) is 0 Å². The molecule has 8 heteroatoms. The molecule has 36 heavy (non-hydrogen) atoms. The van der Waals surface area contributed by atoms with Gasteiger partial charge in [0.25, 0.3) is 0 Å². The number of amides is 1. The smallest absolute Gasteiger partial charge is 0.221 e. The number of phenols is 1. The van der Waals surface area contributed by atoms with Crippen molar-refractivity contribution in [3.63, 3.8) is 0 Å². The summed E-state index contributed by atoms with van der Waals surface area (Å²) < 4.78 is 0. The fourth-order valence-electron chi connectivity index (χ4n) is 6.42. The van der Waals surface area contributed by atoms with Crippen LogP contribution in [0, 0.1) is 0 Å². The average molecular weight is 483 g/mol. The van der Waals surface area contributed by atoms with E-state index < -0.39 is 0 Å². The Kier molecular flexibility index (Phi) is 5.39. The molecule has 7 rings (SSSR count). The van der Waals surface area contributed by atoms with E-state index >= 15 is 0 Å². The number of rotatable bonds is 6. The highest BCUT2D eigenvalue weighted by atomic mass is 16.3. The molecule has 8 nitrogen and oxygen atoms in total. The fraction of sp³-hybridized carbons (Fsp3) is 0.357. The molecule has 0 spiro atoms. The molecule has 4 aromatic rings. The lowest BCUT2D eigenvalue weighted by Crippen LogP contribution is -2.57. The normalized spacial score (nSPS) is 24.0. The first-order valence-electron chi connectivity index (χ1n) is 12.6. The van der Waals surface area contributed by atoms with Crippen molar-refractivity contribution in [2.45, 2.75) is 61.8 Å². The molecule has 2 aromatic carbocycles. The van der Waals surface area contributed by atoms with Gasteiger partial charge in [0.05, 0.1) is 0 Å². The number of nitrogen functional groups attached to an aromatic ring is 1. The lowest BCUT2D eigenvalue weighted by molar-refractivity contribution is -0.124. The molecule has 2 heterocycles. The second kappa shape index (κ2) is 8.62. The Morgan fingerprint density at radius 1 is 1.00 bits per heavy atom. The minimum absolute atomic E-state index is 0.00974. The highest BCUT2D eigenvalue weighted by Crippen LogP contribution is 2.53. The summed E-state index contributed by atoms with van der Waals surface area (Å²) in [6.45, 7) is 0. The lowest BCUT2D eigenvalue weighted by Gasteiger charge is -2.54. The summed E-state index contributed by atoms with van der Waals surface area (Å²) in [7, 11) is 0. The Morgan fingerprint density at radius 2 is 1.75 bits per heavy atom. The summed E-state index contributed by atoms with van der Waals surface area (Å²) in [4.78, 5) is 17.8. The number of phenolic OH excluding ortho intramolecular Hbond substituents is 1. The number of hydrogen-bond acceptors (Lipinski definition) is 6. The zero-order valence-corrected chi connectivity index (χ0v) is 20.1. The van der Waals surface area contributed by atoms with Crippen LogP contribution in [0.15, 0.2) is 60.7 Å². The number of fused-ring (bicyclic) bond motifs is 4. The molecule has 0 saturated heterocycles. The van der Waals surface area contributed by atoms with Crippen molar-refractivity contribution in [1.82, 2.24) is 25.7 Å². The van der Waals surface area contributed by atoms with E-state index in [0.717, 1.165) is 49.7 Å². The van der Waals surface area contributed by atoms with Crippen molar-refractivity contribution in [3.8, 4) is 5.75 Å². The molecule has 184 valence electrons. The van der Waals surface area contributed by atoms with Crippen molar-refractivity contribution >= 4 is 22.9 Å². The lowest BCUT2D eigenvalue weighted by atomic mass is 9.55. The van der Waals surface area contributed by atoms with E-state index in [-0.39, 0.29) is 34.9 Å². The van der Waals surface area contributed by atoms with E-state index in [1.54, 1.807) is 24.3 Å². The Labute approximate surface area is 209 Å². The van der Waals surface area contributed by atoms with Crippen LogP contribution in [0.1, 0.15) is 67.6 Å². The minimum atomic E-state index is -0.359. The van der Waals surface area contributed by atoms with Crippen LogP contribution in [-0.2, 0) is 10.2 Å². The molecular weight excluding hydrogens is 452 g/mol. The summed E-state index contributed by atoms with van der Waals surface area (Å²) in [6.07, 6.45) is 6.44. The van der Waals surface area contributed by atoms with Gasteiger partial charge in [-0.15, -0.1) is 5.10 Å². The first-order valence-corrected chi connectivity index (χ1v) is 12.6. The highest BCUT2D eigenvalue weighted by molar-refractivity contribution is 5.82. The van der Waals surface area contributed by atoms with E-state index in [4.69, 9.17) is 5.73 Å². The molecule has 5 N–H and O–H groups in total. The topological polar surface area (TPSA) is 130 Å². The number of aromatic hydroxyl groups is 1. The fourth-order valence-corrected chi connectivity index (χ4v) is 6.42. The Bertz CT molecular complexity index is 1390. The number of aromatic nitrogens is 4. The summed E-state index contributed by atoms with van der Waals surface area (Å²) >= 11 is 0. The van der Waals surface area contributed by atoms with E-state index in [1.165, 1.54) is 5.56 Å². The second-order valence-electron chi connectivity index (χ2n) is 10.5. The van der Waals surface area contributed by atoms with Gasteiger partial charge >= 0.3 is 0 Å². The van der Waals surface area contributed by atoms with Crippen LogP contribution >= 0.6 is 0 Å². The number of anilines is 1. The van der Waals surface area contributed by atoms with Crippen LogP contribution in [0.4, 0.5) is 5.82 Å². The number of H-pyrrole nitrogens is 1. The predicted molar refractivity (Wildman–Crippen MR) is 137 cm³/mol. The molecular formula is C28H30N6O2. The third kappa shape index (κ3) is 3.96. The number of pyridine rings is 1. The molecule has 3 aliphatic rings. The zero-order chi connectivity index (χ0) is 24.8. The van der Waals surface area contributed by atoms with Crippen LogP contribution in [-0.4, -0.2) is 36.9 Å². The van der Waals surface area contributed by atoms with Crippen LogP contribution < -0.4 is 11.1 Å². The first-order chi connectivity index (χ1) is 17.5. The second-order valence-corrected chi connectivity index (χ2v) is 10.5. The van der Waals surface area contributed by atoms with Gasteiger partial charge in [0.1, 0.15) is 17.1 Å². The van der Waals surface area contributed by atoms with Gasteiger partial charge in [-0.05, 0) is 78.8 Å². The van der Waals surface area contributed by atoms with Gasteiger partial charge in [0, 0.05) is 17.9 Å². The number of aromatic amines is 1. The van der Waals surface area contributed by atoms with E-state index in [2.05, 4.69) is 56.0 Å².